The number of nitrogens with zero attached hydrogens (tertiary/aromatic N) is 1. The smallest absolute Gasteiger partial charge is 0.269 e. The number of hydrogen-bond acceptors (Lipinski definition) is 2. The van der Waals surface area contributed by atoms with E-state index in [9.17, 15) is 9.59 Å². The molecule has 1 unspecified atom stereocenters. The van der Waals surface area contributed by atoms with E-state index in [-0.39, 0.29) is 16.4 Å². The van der Waals surface area contributed by atoms with Crippen molar-refractivity contribution in [2.24, 2.45) is 18.4 Å². The van der Waals surface area contributed by atoms with Crippen molar-refractivity contribution in [3.63, 3.8) is 0 Å². The Hall–Kier alpha value is -1.32. The number of carbonyl (C=O) groups excluding carboxylic acids is 1. The number of ketones is 1. The van der Waals surface area contributed by atoms with Gasteiger partial charge in [0.1, 0.15) is 5.78 Å². The van der Waals surface area contributed by atoms with E-state index in [1.807, 2.05) is 0 Å². The van der Waals surface area contributed by atoms with Gasteiger partial charge in [0.15, 0.2) is 0 Å². The maximum absolute atomic E-state index is 12.2. The Kier molecular flexibility index (Phi) is 2.42. The van der Waals surface area contributed by atoms with E-state index in [4.69, 9.17) is 0 Å². The molecule has 1 fully saturated rings. The number of hydrogen-bond donors (Lipinski definition) is 1. The minimum Gasteiger partial charge on any atom is -0.299 e. The predicted octanol–water partition coefficient (Wildman–Crippen LogP) is 1.92. The van der Waals surface area contributed by atoms with Crippen LogP contribution in [0.5, 0.6) is 0 Å². The summed E-state index contributed by atoms with van der Waals surface area (Å²) in [5.41, 5.74) is 1.77. The summed E-state index contributed by atoms with van der Waals surface area (Å²) in [6, 6.07) is 0. The van der Waals surface area contributed by atoms with E-state index >= 15 is 0 Å². The zero-order chi connectivity index (χ0) is 14.0. The van der Waals surface area contributed by atoms with Crippen molar-refractivity contribution < 1.29 is 4.79 Å². The molecule has 2 aliphatic carbocycles. The zero-order valence-electron chi connectivity index (χ0n) is 12.2. The van der Waals surface area contributed by atoms with Crippen molar-refractivity contribution in [2.75, 3.05) is 0 Å². The zero-order valence-corrected chi connectivity index (χ0v) is 12.2. The van der Waals surface area contributed by atoms with Gasteiger partial charge in [-0.3, -0.25) is 19.4 Å². The molecule has 0 bridgehead atoms. The molecule has 1 N–H and O–H groups in total. The fourth-order valence-electron chi connectivity index (χ4n) is 4.43. The van der Waals surface area contributed by atoms with Crippen LogP contribution in [0.15, 0.2) is 4.79 Å². The third-order valence-electron chi connectivity index (χ3n) is 5.63. The maximum atomic E-state index is 12.2. The van der Waals surface area contributed by atoms with Gasteiger partial charge in [0.05, 0.1) is 0 Å². The summed E-state index contributed by atoms with van der Waals surface area (Å²) >= 11 is 0. The summed E-state index contributed by atoms with van der Waals surface area (Å²) in [4.78, 5) is 24.3. The third kappa shape index (κ3) is 1.46. The highest BCUT2D eigenvalue weighted by molar-refractivity contribution is 5.86. The van der Waals surface area contributed by atoms with Crippen LogP contribution >= 0.6 is 0 Å². The minimum absolute atomic E-state index is 0.0641. The first-order chi connectivity index (χ1) is 8.78. The van der Waals surface area contributed by atoms with Gasteiger partial charge in [-0.1, -0.05) is 20.8 Å². The van der Waals surface area contributed by atoms with E-state index in [0.717, 1.165) is 30.5 Å². The number of Topliss-reactive ketones (excluding diaryl/α,β-unsaturated/α-hetero) is 1. The van der Waals surface area contributed by atoms with Crippen molar-refractivity contribution in [2.45, 2.75) is 51.9 Å². The second kappa shape index (κ2) is 3.62. The lowest BCUT2D eigenvalue weighted by Gasteiger charge is -2.51. The molecule has 0 amide bonds. The number of nitrogens with one attached hydrogen (secondary N) is 1. The van der Waals surface area contributed by atoms with Gasteiger partial charge in [0, 0.05) is 35.6 Å². The standard InChI is InChI=1S/C15H22N2O2/c1-14(2)10-6-5-9-12(16-17(4)13(9)19)15(10,3)8-7-11(14)18/h10,16H,5-8H2,1-4H3/t10-,15?/m0/s1. The molecule has 1 aromatic rings. The van der Waals surface area contributed by atoms with Crippen molar-refractivity contribution in [1.29, 1.82) is 0 Å². The van der Waals surface area contributed by atoms with Gasteiger partial charge >= 0.3 is 0 Å². The Bertz CT molecular complexity index is 608. The highest BCUT2D eigenvalue weighted by atomic mass is 16.1. The molecule has 1 saturated carbocycles. The summed E-state index contributed by atoms with van der Waals surface area (Å²) in [5.74, 6) is 0.698. The molecule has 104 valence electrons. The molecule has 0 aromatic carbocycles. The predicted molar refractivity (Wildman–Crippen MR) is 73.2 cm³/mol. The Morgan fingerprint density at radius 3 is 2.58 bits per heavy atom. The summed E-state index contributed by atoms with van der Waals surface area (Å²) < 4.78 is 1.59. The summed E-state index contributed by atoms with van der Waals surface area (Å²) in [6.45, 7) is 6.37. The molecule has 0 radical (unpaired) electrons. The van der Waals surface area contributed by atoms with Crippen molar-refractivity contribution in [1.82, 2.24) is 9.78 Å². The largest absolute Gasteiger partial charge is 0.299 e. The molecule has 0 spiro atoms. The fraction of sp³-hybridized carbons (Fsp3) is 0.733. The lowest BCUT2D eigenvalue weighted by atomic mass is 9.51. The average Bonchev–Trinajstić information content (AvgIpc) is 2.63. The molecule has 19 heavy (non-hydrogen) atoms. The van der Waals surface area contributed by atoms with Crippen LogP contribution < -0.4 is 5.56 Å². The van der Waals surface area contributed by atoms with Crippen LogP contribution in [0.3, 0.4) is 0 Å². The minimum atomic E-state index is -0.280. The number of fused-ring (bicyclic) bond motifs is 3. The molecule has 3 rings (SSSR count). The number of aromatic amines is 1. The van der Waals surface area contributed by atoms with Crippen LogP contribution in [0.4, 0.5) is 0 Å². The molecule has 1 aromatic heterocycles. The molecule has 0 aliphatic heterocycles. The van der Waals surface area contributed by atoms with E-state index in [1.165, 1.54) is 0 Å². The molecular weight excluding hydrogens is 240 g/mol. The second-order valence-electron chi connectivity index (χ2n) is 6.98. The molecular formula is C15H22N2O2. The van der Waals surface area contributed by atoms with E-state index in [0.29, 0.717) is 18.1 Å². The first-order valence-electron chi connectivity index (χ1n) is 7.10. The van der Waals surface area contributed by atoms with Gasteiger partial charge in [-0.15, -0.1) is 0 Å². The first kappa shape index (κ1) is 12.7. The van der Waals surface area contributed by atoms with Crippen LogP contribution in [0, 0.1) is 11.3 Å². The van der Waals surface area contributed by atoms with Gasteiger partial charge < -0.3 is 0 Å². The monoisotopic (exact) mass is 262 g/mol. The van der Waals surface area contributed by atoms with Gasteiger partial charge in [-0.05, 0) is 25.2 Å². The Labute approximate surface area is 113 Å². The van der Waals surface area contributed by atoms with Crippen LogP contribution in [0.2, 0.25) is 0 Å². The molecule has 0 saturated heterocycles. The normalized spacial score (nSPS) is 32.8. The number of aryl methyl sites for hydroxylation is 1. The summed E-state index contributed by atoms with van der Waals surface area (Å²) in [7, 11) is 1.78. The molecule has 1 heterocycles. The van der Waals surface area contributed by atoms with Crippen LogP contribution in [-0.2, 0) is 23.7 Å². The first-order valence-corrected chi connectivity index (χ1v) is 7.10. The number of carbonyl (C=O) groups is 1. The fourth-order valence-corrected chi connectivity index (χ4v) is 4.43. The summed E-state index contributed by atoms with van der Waals surface area (Å²) in [6.07, 6.45) is 3.21. The molecule has 4 nitrogen and oxygen atoms in total. The Morgan fingerprint density at radius 1 is 1.21 bits per heavy atom. The number of aromatic nitrogens is 2. The van der Waals surface area contributed by atoms with Crippen molar-refractivity contribution in [3.8, 4) is 0 Å². The molecule has 4 heteroatoms. The van der Waals surface area contributed by atoms with E-state index in [2.05, 4.69) is 25.9 Å². The quantitative estimate of drug-likeness (QED) is 0.776. The second-order valence-corrected chi connectivity index (χ2v) is 6.98. The van der Waals surface area contributed by atoms with Gasteiger partial charge in [0.25, 0.3) is 5.56 Å². The van der Waals surface area contributed by atoms with Crippen LogP contribution in [0.1, 0.15) is 51.3 Å². The van der Waals surface area contributed by atoms with Crippen LogP contribution in [-0.4, -0.2) is 15.6 Å². The van der Waals surface area contributed by atoms with Crippen molar-refractivity contribution in [3.05, 3.63) is 21.6 Å². The highest BCUT2D eigenvalue weighted by Crippen LogP contribution is 2.54. The number of rotatable bonds is 0. The molecule has 2 atom stereocenters. The van der Waals surface area contributed by atoms with E-state index < -0.39 is 0 Å². The third-order valence-corrected chi connectivity index (χ3v) is 5.63. The lowest BCUT2D eigenvalue weighted by Crippen LogP contribution is -2.52. The van der Waals surface area contributed by atoms with Crippen LogP contribution in [0.25, 0.3) is 0 Å². The van der Waals surface area contributed by atoms with Gasteiger partial charge in [-0.25, -0.2) is 0 Å². The number of H-pyrrole nitrogens is 1. The Balaban J connectivity index is 2.18. The van der Waals surface area contributed by atoms with Crippen molar-refractivity contribution >= 4 is 5.78 Å². The average molecular weight is 262 g/mol. The Morgan fingerprint density at radius 2 is 1.89 bits per heavy atom. The molecule has 2 aliphatic rings. The van der Waals surface area contributed by atoms with Gasteiger partial charge in [0.2, 0.25) is 0 Å². The topological polar surface area (TPSA) is 54.9 Å². The van der Waals surface area contributed by atoms with Gasteiger partial charge in [-0.2, -0.15) is 0 Å². The summed E-state index contributed by atoms with van der Waals surface area (Å²) in [5, 5.41) is 3.25. The highest BCUT2D eigenvalue weighted by Gasteiger charge is 2.54. The van der Waals surface area contributed by atoms with E-state index in [1.54, 1.807) is 11.7 Å². The maximum Gasteiger partial charge on any atom is 0.269 e. The lowest BCUT2D eigenvalue weighted by molar-refractivity contribution is -0.137. The SMILES string of the molecule is Cn1[nH]c2c(c1=O)CC[C@H]1C(C)(C)C(=O)CCC21C.